The minimum Gasteiger partial charge on any atom is -0.378 e. The molecule has 3 N–H and O–H groups in total. The summed E-state index contributed by atoms with van der Waals surface area (Å²) in [6, 6.07) is 8.00. The quantitative estimate of drug-likeness (QED) is 0.430. The van der Waals surface area contributed by atoms with Crippen LogP contribution in [0.25, 0.3) is 0 Å². The normalized spacial score (nSPS) is 12.6. The SMILES string of the molecule is CC(C)c1cccc(NC(N)=NCCOCCS(C)(=O)=O)c1. The number of guanidine groups is 1. The number of sulfone groups is 1. The minimum absolute atomic E-state index is 0.0203. The molecule has 0 saturated carbocycles. The van der Waals surface area contributed by atoms with Crippen molar-refractivity contribution >= 4 is 21.5 Å². The van der Waals surface area contributed by atoms with Gasteiger partial charge in [0.2, 0.25) is 0 Å². The largest absolute Gasteiger partial charge is 0.378 e. The molecule has 1 rings (SSSR count). The maximum absolute atomic E-state index is 10.9. The standard InChI is InChI=1S/C15H25N3O3S/c1-12(2)13-5-4-6-14(11-13)18-15(16)17-7-8-21-9-10-22(3,19)20/h4-6,11-12H,7-10H2,1-3H3,(H3,16,17,18). The van der Waals surface area contributed by atoms with E-state index in [1.807, 2.05) is 18.2 Å². The van der Waals surface area contributed by atoms with Crippen LogP contribution in [0.3, 0.4) is 0 Å². The number of hydrogen-bond acceptors (Lipinski definition) is 4. The first-order valence-electron chi connectivity index (χ1n) is 7.20. The predicted molar refractivity (Wildman–Crippen MR) is 91.2 cm³/mol. The molecule has 0 bridgehead atoms. The van der Waals surface area contributed by atoms with Crippen LogP contribution in [-0.4, -0.2) is 46.1 Å². The molecular formula is C15H25N3O3S. The summed E-state index contributed by atoms with van der Waals surface area (Å²) in [6.45, 7) is 5.16. The molecule has 0 saturated heterocycles. The molecular weight excluding hydrogens is 302 g/mol. The number of nitrogens with one attached hydrogen (secondary N) is 1. The van der Waals surface area contributed by atoms with Crippen molar-refractivity contribution in [2.75, 3.05) is 37.1 Å². The molecule has 1 aromatic carbocycles. The van der Waals surface area contributed by atoms with Crippen LogP contribution in [0.4, 0.5) is 5.69 Å². The topological polar surface area (TPSA) is 93.8 Å². The van der Waals surface area contributed by atoms with E-state index in [1.165, 1.54) is 11.8 Å². The van der Waals surface area contributed by atoms with Crippen molar-refractivity contribution in [3.63, 3.8) is 0 Å². The van der Waals surface area contributed by atoms with Gasteiger partial charge in [0.05, 0.1) is 25.5 Å². The summed E-state index contributed by atoms with van der Waals surface area (Å²) in [4.78, 5) is 4.14. The fourth-order valence-corrected chi connectivity index (χ4v) is 2.13. The lowest BCUT2D eigenvalue weighted by Crippen LogP contribution is -2.23. The van der Waals surface area contributed by atoms with Gasteiger partial charge in [-0.1, -0.05) is 26.0 Å². The number of hydrogen-bond donors (Lipinski definition) is 2. The van der Waals surface area contributed by atoms with E-state index in [9.17, 15) is 8.42 Å². The van der Waals surface area contributed by atoms with Gasteiger partial charge < -0.3 is 15.8 Å². The summed E-state index contributed by atoms with van der Waals surface area (Å²) in [5.74, 6) is 0.780. The summed E-state index contributed by atoms with van der Waals surface area (Å²) in [5, 5.41) is 3.03. The molecule has 0 aliphatic heterocycles. The van der Waals surface area contributed by atoms with Crippen molar-refractivity contribution in [2.45, 2.75) is 19.8 Å². The molecule has 0 aliphatic carbocycles. The smallest absolute Gasteiger partial charge is 0.193 e. The van der Waals surface area contributed by atoms with E-state index < -0.39 is 9.84 Å². The van der Waals surface area contributed by atoms with Crippen molar-refractivity contribution in [1.29, 1.82) is 0 Å². The van der Waals surface area contributed by atoms with Gasteiger partial charge in [-0.3, -0.25) is 4.99 Å². The monoisotopic (exact) mass is 327 g/mol. The molecule has 0 atom stereocenters. The Labute approximate surface area is 132 Å². The highest BCUT2D eigenvalue weighted by Crippen LogP contribution is 2.18. The van der Waals surface area contributed by atoms with E-state index in [2.05, 4.69) is 30.2 Å². The lowest BCUT2D eigenvalue weighted by Gasteiger charge is -2.10. The van der Waals surface area contributed by atoms with E-state index in [4.69, 9.17) is 10.5 Å². The molecule has 0 heterocycles. The lowest BCUT2D eigenvalue weighted by molar-refractivity contribution is 0.157. The molecule has 0 radical (unpaired) electrons. The van der Waals surface area contributed by atoms with Crippen molar-refractivity contribution in [3.05, 3.63) is 29.8 Å². The van der Waals surface area contributed by atoms with Gasteiger partial charge in [-0.25, -0.2) is 8.42 Å². The van der Waals surface area contributed by atoms with Gasteiger partial charge in [0.15, 0.2) is 5.96 Å². The molecule has 0 amide bonds. The van der Waals surface area contributed by atoms with Gasteiger partial charge in [-0.2, -0.15) is 0 Å². The molecule has 1 aromatic rings. The fraction of sp³-hybridized carbons (Fsp3) is 0.533. The predicted octanol–water partition coefficient (Wildman–Crippen LogP) is 1.60. The number of benzene rings is 1. The third-order valence-corrected chi connectivity index (χ3v) is 3.85. The third kappa shape index (κ3) is 7.99. The van der Waals surface area contributed by atoms with Crippen LogP contribution in [0, 0.1) is 0 Å². The zero-order chi connectivity index (χ0) is 16.6. The molecule has 6 nitrogen and oxygen atoms in total. The molecule has 124 valence electrons. The van der Waals surface area contributed by atoms with Crippen LogP contribution in [0.1, 0.15) is 25.3 Å². The molecule has 0 unspecified atom stereocenters. The van der Waals surface area contributed by atoms with Crippen LogP contribution < -0.4 is 11.1 Å². The van der Waals surface area contributed by atoms with E-state index in [0.29, 0.717) is 25.0 Å². The highest BCUT2D eigenvalue weighted by Gasteiger charge is 2.02. The van der Waals surface area contributed by atoms with Crippen LogP contribution in [0.5, 0.6) is 0 Å². The highest BCUT2D eigenvalue weighted by atomic mass is 32.2. The second-order valence-corrected chi connectivity index (χ2v) is 7.67. The van der Waals surface area contributed by atoms with Gasteiger partial charge in [-0.15, -0.1) is 0 Å². The molecule has 0 aliphatic rings. The van der Waals surface area contributed by atoms with Gasteiger partial charge >= 0.3 is 0 Å². The van der Waals surface area contributed by atoms with E-state index >= 15 is 0 Å². The first-order valence-corrected chi connectivity index (χ1v) is 9.26. The van der Waals surface area contributed by atoms with Crippen molar-refractivity contribution in [2.24, 2.45) is 10.7 Å². The molecule has 0 aromatic heterocycles. The molecule has 7 heteroatoms. The average Bonchev–Trinajstić information content (AvgIpc) is 2.41. The van der Waals surface area contributed by atoms with Gasteiger partial charge in [-0.05, 0) is 23.6 Å². The van der Waals surface area contributed by atoms with Crippen LogP contribution in [0.15, 0.2) is 29.3 Å². The van der Waals surface area contributed by atoms with Crippen LogP contribution >= 0.6 is 0 Å². The summed E-state index contributed by atoms with van der Waals surface area (Å²) in [7, 11) is -2.98. The second kappa shape index (κ2) is 8.75. The first-order chi connectivity index (χ1) is 10.3. The van der Waals surface area contributed by atoms with Gasteiger partial charge in [0.1, 0.15) is 9.84 Å². The fourth-order valence-electron chi connectivity index (χ4n) is 1.71. The van der Waals surface area contributed by atoms with Crippen molar-refractivity contribution < 1.29 is 13.2 Å². The van der Waals surface area contributed by atoms with Crippen molar-refractivity contribution in [1.82, 2.24) is 0 Å². The Bertz CT molecular complexity index is 598. The van der Waals surface area contributed by atoms with Gasteiger partial charge in [0.25, 0.3) is 0 Å². The molecule has 0 fully saturated rings. The number of rotatable bonds is 8. The Balaban J connectivity index is 2.35. The first kappa shape index (κ1) is 18.4. The number of anilines is 1. The zero-order valence-electron chi connectivity index (χ0n) is 13.4. The minimum atomic E-state index is -2.98. The summed E-state index contributed by atoms with van der Waals surface area (Å²) in [5.41, 5.74) is 7.92. The zero-order valence-corrected chi connectivity index (χ0v) is 14.2. The lowest BCUT2D eigenvalue weighted by atomic mass is 10.0. The summed E-state index contributed by atoms with van der Waals surface area (Å²) < 4.78 is 27.0. The van der Waals surface area contributed by atoms with Gasteiger partial charge in [0, 0.05) is 11.9 Å². The Morgan fingerprint density at radius 1 is 1.36 bits per heavy atom. The summed E-state index contributed by atoms with van der Waals surface area (Å²) in [6.07, 6.45) is 1.18. The van der Waals surface area contributed by atoms with E-state index in [-0.39, 0.29) is 12.4 Å². The second-order valence-electron chi connectivity index (χ2n) is 5.41. The molecule has 22 heavy (non-hydrogen) atoms. The summed E-state index contributed by atoms with van der Waals surface area (Å²) >= 11 is 0. The molecule has 0 spiro atoms. The average molecular weight is 327 g/mol. The van der Waals surface area contributed by atoms with Crippen LogP contribution in [0.2, 0.25) is 0 Å². The van der Waals surface area contributed by atoms with Crippen LogP contribution in [-0.2, 0) is 14.6 Å². The maximum Gasteiger partial charge on any atom is 0.193 e. The Morgan fingerprint density at radius 3 is 2.73 bits per heavy atom. The maximum atomic E-state index is 10.9. The third-order valence-electron chi connectivity index (χ3n) is 2.94. The Morgan fingerprint density at radius 2 is 2.09 bits per heavy atom. The van der Waals surface area contributed by atoms with E-state index in [1.54, 1.807) is 0 Å². The Hall–Kier alpha value is -1.60. The Kier molecular flexibility index (Phi) is 7.34. The number of aliphatic imine (C=N–C) groups is 1. The van der Waals surface area contributed by atoms with Crippen molar-refractivity contribution in [3.8, 4) is 0 Å². The number of ether oxygens (including phenoxy) is 1. The number of nitrogens with two attached hydrogens (primary N) is 1. The van der Waals surface area contributed by atoms with E-state index in [0.717, 1.165) is 5.69 Å². The highest BCUT2D eigenvalue weighted by molar-refractivity contribution is 7.90. The number of nitrogens with zero attached hydrogens (tertiary/aromatic N) is 1.